The van der Waals surface area contributed by atoms with Crippen molar-refractivity contribution in [2.45, 2.75) is 31.8 Å². The molecule has 2 atom stereocenters. The number of quaternary nitrogens is 1. The minimum atomic E-state index is -0.620. The van der Waals surface area contributed by atoms with Crippen LogP contribution in [0.25, 0.3) is 0 Å². The van der Waals surface area contributed by atoms with E-state index in [0.29, 0.717) is 32.5 Å². The van der Waals surface area contributed by atoms with Gasteiger partial charge in [-0.25, -0.2) is 0 Å². The Morgan fingerprint density at radius 1 is 1.13 bits per heavy atom. The zero-order valence-corrected chi connectivity index (χ0v) is 17.5. The first-order valence-electron chi connectivity index (χ1n) is 10.8. The Hall–Kier alpha value is -3.13. The lowest BCUT2D eigenvalue weighted by Gasteiger charge is -2.32. The van der Waals surface area contributed by atoms with Crippen molar-refractivity contribution < 1.29 is 23.7 Å². The van der Waals surface area contributed by atoms with E-state index >= 15 is 0 Å². The standard InChI is InChI=1S/C23H28N4O4/c24-21(28)17-8-10-26(11-9-17)23(30)22(29)25-14-19(20-6-3-13-31-20)27-12-7-16-4-1-2-5-18(16)15-27/h1-6,13,17,19H,7-12,14-15H2,(H2,24,28)(H,25,29)/p+1/t19-/m0/s1. The van der Waals surface area contributed by atoms with E-state index in [1.165, 1.54) is 20.9 Å². The van der Waals surface area contributed by atoms with Crippen molar-refractivity contribution in [3.05, 3.63) is 59.5 Å². The van der Waals surface area contributed by atoms with Crippen molar-refractivity contribution in [2.75, 3.05) is 26.2 Å². The van der Waals surface area contributed by atoms with Crippen molar-refractivity contribution in [2.24, 2.45) is 11.7 Å². The number of nitrogens with zero attached hydrogens (tertiary/aromatic N) is 1. The maximum atomic E-state index is 12.6. The second-order valence-electron chi connectivity index (χ2n) is 8.35. The molecule has 0 saturated carbocycles. The van der Waals surface area contributed by atoms with Crippen LogP contribution >= 0.6 is 0 Å². The van der Waals surface area contributed by atoms with E-state index in [1.807, 2.05) is 18.2 Å². The number of carbonyl (C=O) groups excluding carboxylic acids is 3. The number of nitrogens with two attached hydrogens (primary N) is 1. The molecule has 3 heterocycles. The first-order chi connectivity index (χ1) is 15.0. The average Bonchev–Trinajstić information content (AvgIpc) is 3.33. The van der Waals surface area contributed by atoms with Crippen LogP contribution in [-0.2, 0) is 27.3 Å². The molecule has 164 valence electrons. The van der Waals surface area contributed by atoms with Crippen LogP contribution in [0.1, 0.15) is 35.8 Å². The first-order valence-corrected chi connectivity index (χ1v) is 10.8. The number of piperidine rings is 1. The second-order valence-corrected chi connectivity index (χ2v) is 8.35. The summed E-state index contributed by atoms with van der Waals surface area (Å²) < 4.78 is 5.67. The fourth-order valence-corrected chi connectivity index (χ4v) is 4.62. The minimum absolute atomic E-state index is 0.0827. The molecule has 2 aliphatic rings. The number of nitrogens with one attached hydrogen (secondary N) is 2. The van der Waals surface area contributed by atoms with Gasteiger partial charge < -0.3 is 25.3 Å². The summed E-state index contributed by atoms with van der Waals surface area (Å²) in [4.78, 5) is 39.3. The van der Waals surface area contributed by atoms with Gasteiger partial charge >= 0.3 is 11.8 Å². The van der Waals surface area contributed by atoms with Gasteiger partial charge in [0.15, 0.2) is 11.8 Å². The summed E-state index contributed by atoms with van der Waals surface area (Å²) in [5.41, 5.74) is 8.01. The van der Waals surface area contributed by atoms with Gasteiger partial charge in [-0.3, -0.25) is 14.4 Å². The van der Waals surface area contributed by atoms with E-state index in [9.17, 15) is 14.4 Å². The van der Waals surface area contributed by atoms with Gasteiger partial charge in [0.2, 0.25) is 5.91 Å². The van der Waals surface area contributed by atoms with Gasteiger partial charge in [-0.1, -0.05) is 24.3 Å². The lowest BCUT2D eigenvalue weighted by atomic mass is 9.96. The number of hydrogen-bond acceptors (Lipinski definition) is 4. The molecule has 0 spiro atoms. The van der Waals surface area contributed by atoms with Crippen molar-refractivity contribution >= 4 is 17.7 Å². The third kappa shape index (κ3) is 4.80. The predicted molar refractivity (Wildman–Crippen MR) is 113 cm³/mol. The number of rotatable bonds is 5. The fraction of sp³-hybridized carbons (Fsp3) is 0.435. The molecule has 2 aliphatic heterocycles. The molecule has 1 aromatic heterocycles. The molecule has 0 bridgehead atoms. The Bertz CT molecular complexity index is 935. The van der Waals surface area contributed by atoms with Crippen LogP contribution in [0.2, 0.25) is 0 Å². The summed E-state index contributed by atoms with van der Waals surface area (Å²) >= 11 is 0. The van der Waals surface area contributed by atoms with Crippen LogP contribution in [0.5, 0.6) is 0 Å². The number of amides is 3. The normalized spacial score (nSPS) is 20.0. The molecule has 8 nitrogen and oxygen atoms in total. The van der Waals surface area contributed by atoms with Crippen LogP contribution in [0.15, 0.2) is 47.1 Å². The molecular formula is C23H29N4O4+. The highest BCUT2D eigenvalue weighted by Crippen LogP contribution is 2.17. The van der Waals surface area contributed by atoms with Gasteiger partial charge in [-0.05, 0) is 30.5 Å². The number of likely N-dealkylation sites (tertiary alicyclic amines) is 1. The van der Waals surface area contributed by atoms with Gasteiger partial charge in [-0.15, -0.1) is 0 Å². The van der Waals surface area contributed by atoms with Gasteiger partial charge in [0.1, 0.15) is 6.54 Å². The number of furan rings is 1. The molecule has 1 saturated heterocycles. The molecule has 1 unspecified atom stereocenters. The Morgan fingerprint density at radius 3 is 2.55 bits per heavy atom. The monoisotopic (exact) mass is 425 g/mol. The van der Waals surface area contributed by atoms with Crippen molar-refractivity contribution in [1.29, 1.82) is 0 Å². The predicted octanol–water partition coefficient (Wildman–Crippen LogP) is -0.198. The Morgan fingerprint density at radius 2 is 1.87 bits per heavy atom. The van der Waals surface area contributed by atoms with E-state index in [2.05, 4.69) is 23.5 Å². The van der Waals surface area contributed by atoms with Gasteiger partial charge in [0.05, 0.1) is 19.4 Å². The Labute approximate surface area is 181 Å². The zero-order chi connectivity index (χ0) is 21.8. The number of carbonyl (C=O) groups is 3. The Kier molecular flexibility index (Phi) is 6.36. The van der Waals surface area contributed by atoms with Crippen LogP contribution in [0.3, 0.4) is 0 Å². The van der Waals surface area contributed by atoms with Crippen molar-refractivity contribution in [3.63, 3.8) is 0 Å². The highest BCUT2D eigenvalue weighted by molar-refractivity contribution is 6.35. The third-order valence-electron chi connectivity index (χ3n) is 6.48. The lowest BCUT2D eigenvalue weighted by Crippen LogP contribution is -3.12. The quantitative estimate of drug-likeness (QED) is 0.577. The molecule has 8 heteroatoms. The van der Waals surface area contributed by atoms with Gasteiger partial charge in [0, 0.05) is 31.0 Å². The molecule has 2 aromatic rings. The zero-order valence-electron chi connectivity index (χ0n) is 17.5. The first kappa shape index (κ1) is 21.1. The van der Waals surface area contributed by atoms with Crippen LogP contribution in [-0.4, -0.2) is 48.8 Å². The third-order valence-corrected chi connectivity index (χ3v) is 6.48. The maximum absolute atomic E-state index is 12.6. The highest BCUT2D eigenvalue weighted by Gasteiger charge is 2.33. The molecule has 0 aliphatic carbocycles. The molecule has 0 radical (unpaired) electrons. The van der Waals surface area contributed by atoms with E-state index in [1.54, 1.807) is 6.26 Å². The molecule has 1 aromatic carbocycles. The molecule has 31 heavy (non-hydrogen) atoms. The summed E-state index contributed by atoms with van der Waals surface area (Å²) in [6.45, 7) is 2.82. The maximum Gasteiger partial charge on any atom is 0.311 e. The van der Waals surface area contributed by atoms with E-state index in [0.717, 1.165) is 25.3 Å². The number of primary amides is 1. The summed E-state index contributed by atoms with van der Waals surface area (Å²) in [7, 11) is 0. The lowest BCUT2D eigenvalue weighted by molar-refractivity contribution is -0.946. The molecule has 3 amide bonds. The van der Waals surface area contributed by atoms with Crippen LogP contribution in [0.4, 0.5) is 0 Å². The van der Waals surface area contributed by atoms with E-state index < -0.39 is 11.8 Å². The van der Waals surface area contributed by atoms with E-state index in [-0.39, 0.29) is 17.9 Å². The summed E-state index contributed by atoms with van der Waals surface area (Å²) in [5, 5.41) is 2.82. The topological polar surface area (TPSA) is 110 Å². The van der Waals surface area contributed by atoms with Crippen LogP contribution < -0.4 is 16.0 Å². The SMILES string of the molecule is NC(=O)C1CCN(C(=O)C(=O)NC[C@@H](c2ccco2)[NH+]2CCc3ccccc3C2)CC1. The van der Waals surface area contributed by atoms with E-state index in [4.69, 9.17) is 10.2 Å². The van der Waals surface area contributed by atoms with Gasteiger partial charge in [0.25, 0.3) is 0 Å². The minimum Gasteiger partial charge on any atom is -0.463 e. The summed E-state index contributed by atoms with van der Waals surface area (Å²) in [5.74, 6) is -0.944. The molecular weight excluding hydrogens is 396 g/mol. The Balaban J connectivity index is 1.38. The number of fused-ring (bicyclic) bond motifs is 1. The summed E-state index contributed by atoms with van der Waals surface area (Å²) in [6, 6.07) is 12.1. The van der Waals surface area contributed by atoms with Crippen LogP contribution in [0, 0.1) is 5.92 Å². The van der Waals surface area contributed by atoms with Crippen molar-refractivity contribution in [3.8, 4) is 0 Å². The fourth-order valence-electron chi connectivity index (χ4n) is 4.62. The molecule has 1 fully saturated rings. The molecule has 4 rings (SSSR count). The van der Waals surface area contributed by atoms with Crippen molar-refractivity contribution in [1.82, 2.24) is 10.2 Å². The largest absolute Gasteiger partial charge is 0.463 e. The molecule has 4 N–H and O–H groups in total. The highest BCUT2D eigenvalue weighted by atomic mass is 16.3. The smallest absolute Gasteiger partial charge is 0.311 e. The summed E-state index contributed by atoms with van der Waals surface area (Å²) in [6.07, 6.45) is 3.60. The average molecular weight is 426 g/mol. The second kappa shape index (κ2) is 9.34. The van der Waals surface area contributed by atoms with Gasteiger partial charge in [-0.2, -0.15) is 0 Å². The number of hydrogen-bond donors (Lipinski definition) is 3. The number of benzene rings is 1.